The summed E-state index contributed by atoms with van der Waals surface area (Å²) in [5.74, 6) is 0.901. The Morgan fingerprint density at radius 2 is 0.707 bits per heavy atom. The highest BCUT2D eigenvalue weighted by atomic mass is 31.2. The third kappa shape index (κ3) is 5.83. The summed E-state index contributed by atoms with van der Waals surface area (Å²) < 4.78 is 27.6. The average molecular weight is 771 g/mol. The first kappa shape index (κ1) is 34.8. The quantitative estimate of drug-likeness (QED) is 0.171. The minimum Gasteiger partial charge on any atom is -0.394 e. The fraction of sp³-hybridized carbons (Fsp3) is 0.0943. The molecule has 0 unspecified atom stereocenters. The van der Waals surface area contributed by atoms with E-state index in [0.29, 0.717) is 11.5 Å². The van der Waals surface area contributed by atoms with Gasteiger partial charge in [0, 0.05) is 27.7 Å². The van der Waals surface area contributed by atoms with Crippen molar-refractivity contribution in [2.24, 2.45) is 0 Å². The lowest BCUT2D eigenvalue weighted by Gasteiger charge is -2.34. The van der Waals surface area contributed by atoms with Crippen molar-refractivity contribution < 1.29 is 18.5 Å². The van der Waals surface area contributed by atoms with Crippen molar-refractivity contribution in [3.63, 3.8) is 0 Å². The van der Waals surface area contributed by atoms with Crippen molar-refractivity contribution in [3.05, 3.63) is 204 Å². The summed E-state index contributed by atoms with van der Waals surface area (Å²) in [6.07, 6.45) is 3.41. The average Bonchev–Trinajstić information content (AvgIpc) is 3.85. The second kappa shape index (κ2) is 13.6. The van der Waals surface area contributed by atoms with Gasteiger partial charge >= 0.3 is 7.82 Å². The Kier molecular flexibility index (Phi) is 8.15. The number of rotatable bonds is 6. The molecule has 1 aliphatic heterocycles. The van der Waals surface area contributed by atoms with Crippen LogP contribution < -0.4 is 9.05 Å². The molecule has 5 heteroatoms. The molecule has 1 spiro atoms. The van der Waals surface area contributed by atoms with E-state index in [2.05, 4.69) is 109 Å². The highest BCUT2D eigenvalue weighted by Crippen LogP contribution is 2.65. The highest BCUT2D eigenvalue weighted by molar-refractivity contribution is 7.48. The molecule has 0 bridgehead atoms. The van der Waals surface area contributed by atoms with Crippen LogP contribution in [0.5, 0.6) is 11.5 Å². The lowest BCUT2D eigenvalue weighted by molar-refractivity contribution is 0.281. The number of hydrogen-bond donors (Lipinski definition) is 1. The maximum absolute atomic E-state index is 14.6. The second-order valence-corrected chi connectivity index (χ2v) is 17.1. The van der Waals surface area contributed by atoms with Gasteiger partial charge in [0.2, 0.25) is 0 Å². The van der Waals surface area contributed by atoms with Crippen LogP contribution in [0.4, 0.5) is 0 Å². The molecule has 4 nitrogen and oxygen atoms in total. The molecule has 0 fully saturated rings. The molecule has 1 heterocycles. The van der Waals surface area contributed by atoms with Gasteiger partial charge in [-0.25, -0.2) is 4.57 Å². The van der Waals surface area contributed by atoms with Crippen molar-refractivity contribution >= 4 is 7.82 Å². The number of phosphoric ester groups is 1. The van der Waals surface area contributed by atoms with Gasteiger partial charge in [-0.3, -0.25) is 4.89 Å². The summed E-state index contributed by atoms with van der Waals surface area (Å²) in [5.41, 5.74) is 15.9. The summed E-state index contributed by atoms with van der Waals surface area (Å²) >= 11 is 0. The van der Waals surface area contributed by atoms with Crippen LogP contribution in [0.1, 0.15) is 35.1 Å². The van der Waals surface area contributed by atoms with Crippen molar-refractivity contribution in [1.82, 2.24) is 0 Å². The van der Waals surface area contributed by atoms with Gasteiger partial charge in [-0.1, -0.05) is 146 Å². The first-order chi connectivity index (χ1) is 28.4. The van der Waals surface area contributed by atoms with E-state index < -0.39 is 13.2 Å². The molecule has 0 aromatic heterocycles. The molecule has 8 aromatic carbocycles. The normalized spacial score (nSPS) is 15.3. The van der Waals surface area contributed by atoms with Crippen molar-refractivity contribution in [1.29, 1.82) is 0 Å². The molecular weight excluding hydrogens is 732 g/mol. The summed E-state index contributed by atoms with van der Waals surface area (Å²) in [6.45, 7) is 0. The molecule has 0 amide bonds. The minimum absolute atomic E-state index is 0.444. The van der Waals surface area contributed by atoms with E-state index in [9.17, 15) is 9.46 Å². The molecule has 58 heavy (non-hydrogen) atoms. The van der Waals surface area contributed by atoms with E-state index in [-0.39, 0.29) is 0 Å². The van der Waals surface area contributed by atoms with E-state index in [4.69, 9.17) is 9.05 Å². The first-order valence-electron chi connectivity index (χ1n) is 20.0. The van der Waals surface area contributed by atoms with Crippen molar-refractivity contribution in [3.8, 4) is 78.3 Å². The molecule has 1 N–H and O–H groups in total. The zero-order chi connectivity index (χ0) is 38.8. The summed E-state index contributed by atoms with van der Waals surface area (Å²) in [6, 6.07) is 63.1. The Labute approximate surface area is 338 Å². The van der Waals surface area contributed by atoms with Gasteiger partial charge in [0.1, 0.15) is 11.5 Å². The molecule has 0 saturated carbocycles. The van der Waals surface area contributed by atoms with Crippen LogP contribution in [-0.2, 0) is 22.8 Å². The zero-order valence-corrected chi connectivity index (χ0v) is 32.7. The van der Waals surface area contributed by atoms with Gasteiger partial charge in [-0.05, 0) is 129 Å². The molecule has 8 aromatic rings. The minimum atomic E-state index is -4.74. The third-order valence-corrected chi connectivity index (χ3v) is 13.2. The smallest absolute Gasteiger partial charge is 0.394 e. The maximum atomic E-state index is 14.6. The highest BCUT2D eigenvalue weighted by Gasteiger charge is 2.52. The van der Waals surface area contributed by atoms with Gasteiger partial charge in [-0.15, -0.1) is 0 Å². The van der Waals surface area contributed by atoms with Gasteiger partial charge in [0.25, 0.3) is 0 Å². The Morgan fingerprint density at radius 3 is 1.03 bits per heavy atom. The Bertz CT molecular complexity index is 2610. The first-order valence-corrected chi connectivity index (χ1v) is 21.5. The van der Waals surface area contributed by atoms with Gasteiger partial charge < -0.3 is 9.05 Å². The van der Waals surface area contributed by atoms with E-state index >= 15 is 0 Å². The van der Waals surface area contributed by atoms with Crippen LogP contribution >= 0.6 is 7.82 Å². The van der Waals surface area contributed by atoms with Gasteiger partial charge in [0.15, 0.2) is 0 Å². The third-order valence-electron chi connectivity index (χ3n) is 12.4. The molecule has 3 aliphatic rings. The zero-order valence-electron chi connectivity index (χ0n) is 31.8. The second-order valence-electron chi connectivity index (χ2n) is 15.7. The number of benzene rings is 8. The monoisotopic (exact) mass is 770 g/mol. The van der Waals surface area contributed by atoms with Gasteiger partial charge in [0.05, 0.1) is 0 Å². The van der Waals surface area contributed by atoms with E-state index in [1.54, 1.807) is 0 Å². The van der Waals surface area contributed by atoms with Crippen LogP contribution in [0.15, 0.2) is 182 Å². The topological polar surface area (TPSA) is 55.8 Å². The Morgan fingerprint density at radius 1 is 0.397 bits per heavy atom. The number of hydrogen-bond acceptors (Lipinski definition) is 3. The molecular formula is C53H39O4P. The van der Waals surface area contributed by atoms with Crippen LogP contribution in [-0.4, -0.2) is 4.89 Å². The molecule has 0 saturated heterocycles. The van der Waals surface area contributed by atoms with E-state index in [0.717, 1.165) is 115 Å². The van der Waals surface area contributed by atoms with E-state index in [1.807, 2.05) is 72.8 Å². The summed E-state index contributed by atoms with van der Waals surface area (Å²) in [4.78, 5) is 12.0. The van der Waals surface area contributed by atoms with Crippen molar-refractivity contribution in [2.75, 3.05) is 0 Å². The van der Waals surface area contributed by atoms with Crippen LogP contribution in [0.2, 0.25) is 0 Å². The molecule has 280 valence electrons. The lowest BCUT2D eigenvalue weighted by atomic mass is 9.74. The predicted molar refractivity (Wildman–Crippen MR) is 234 cm³/mol. The fourth-order valence-electron chi connectivity index (χ4n) is 9.81. The number of phosphoric acid groups is 1. The summed E-state index contributed by atoms with van der Waals surface area (Å²) in [7, 11) is -4.74. The number of aryl methyl sites for hydroxylation is 2. The molecule has 0 atom stereocenters. The Hall–Kier alpha value is -6.45. The standard InChI is InChI=1S/C53H39O4P/c54-58(55)56-51-47(45-31-41(35-13-5-1-6-14-35)29-42(32-45)36-15-7-2-8-16-36)23-21-39-25-27-53(49(39)51)28-26-40-22-24-48(52(57-58)50(40)53)46-33-43(37-17-9-3-10-18-37)30-44(34-46)38-19-11-4-12-20-38/h1-24,29-34H,25-28H2,(H,54,55). The molecule has 11 rings (SSSR count). The van der Waals surface area contributed by atoms with Crippen LogP contribution in [0.25, 0.3) is 66.8 Å². The molecule has 0 radical (unpaired) electrons. The predicted octanol–water partition coefficient (Wildman–Crippen LogP) is 13.7. The van der Waals surface area contributed by atoms with E-state index in [1.165, 1.54) is 0 Å². The fourth-order valence-corrected chi connectivity index (χ4v) is 10.7. The largest absolute Gasteiger partial charge is 0.584 e. The molecule has 2 aliphatic carbocycles. The SMILES string of the molecule is O=P1(O)Oc2c(-c3cc(-c4ccccc4)cc(-c4ccccc4)c3)ccc3c2C2(CC3)CCc3ccc(-c4cc(-c5ccccc5)cc(-c5ccccc5)c4)c(c32)O1. The maximum Gasteiger partial charge on any atom is 0.584 e. The Balaban J connectivity index is 1.13. The van der Waals surface area contributed by atoms with Crippen LogP contribution in [0.3, 0.4) is 0 Å². The van der Waals surface area contributed by atoms with Crippen molar-refractivity contribution in [2.45, 2.75) is 31.1 Å². The van der Waals surface area contributed by atoms with Gasteiger partial charge in [-0.2, -0.15) is 0 Å². The van der Waals surface area contributed by atoms with Crippen LogP contribution in [0, 0.1) is 0 Å². The summed E-state index contributed by atoms with van der Waals surface area (Å²) in [5, 5.41) is 0. The lowest BCUT2D eigenvalue weighted by Crippen LogP contribution is -2.25.